The second-order valence-corrected chi connectivity index (χ2v) is 4.36. The van der Waals surface area contributed by atoms with E-state index >= 15 is 0 Å². The summed E-state index contributed by atoms with van der Waals surface area (Å²) in [5.41, 5.74) is 1.71. The number of aliphatic hydroxyl groups is 1. The number of pyridine rings is 1. The van der Waals surface area contributed by atoms with Crippen LogP contribution in [0.15, 0.2) is 12.1 Å². The molecule has 0 unspecified atom stereocenters. The lowest BCUT2D eigenvalue weighted by molar-refractivity contribution is 0.0714. The lowest BCUT2D eigenvalue weighted by Crippen LogP contribution is -2.20. The molecule has 1 N–H and O–H groups in total. The maximum Gasteiger partial charge on any atom is 0.158 e. The Hall–Kier alpha value is -1.42. The number of aromatic nitrogens is 3. The highest BCUT2D eigenvalue weighted by Crippen LogP contribution is 2.21. The van der Waals surface area contributed by atoms with E-state index in [-0.39, 0.29) is 0 Å². The summed E-state index contributed by atoms with van der Waals surface area (Å²) in [6.07, 6.45) is 0. The minimum Gasteiger partial charge on any atom is -0.384 e. The van der Waals surface area contributed by atoms with Crippen molar-refractivity contribution in [1.29, 1.82) is 0 Å². The van der Waals surface area contributed by atoms with E-state index in [0.29, 0.717) is 0 Å². The molecule has 0 spiro atoms. The summed E-state index contributed by atoms with van der Waals surface area (Å²) < 4.78 is 1.71. The molecule has 2 heterocycles. The molecule has 2 aromatic rings. The van der Waals surface area contributed by atoms with Crippen molar-refractivity contribution in [2.24, 2.45) is 0 Å². The molecule has 2 rings (SSSR count). The first-order valence-corrected chi connectivity index (χ1v) is 4.95. The normalized spacial score (nSPS) is 12.3. The Morgan fingerprint density at radius 1 is 1.27 bits per heavy atom. The topological polar surface area (TPSA) is 50.4 Å². The summed E-state index contributed by atoms with van der Waals surface area (Å²) >= 11 is 0. The first-order valence-electron chi connectivity index (χ1n) is 4.95. The van der Waals surface area contributed by atoms with Gasteiger partial charge in [-0.15, -0.1) is 0 Å². The third kappa shape index (κ3) is 1.61. The van der Waals surface area contributed by atoms with Gasteiger partial charge in [-0.2, -0.15) is 5.10 Å². The number of aryl methyl sites for hydroxylation is 2. The van der Waals surface area contributed by atoms with E-state index in [9.17, 15) is 5.11 Å². The Balaban J connectivity index is 2.83. The van der Waals surface area contributed by atoms with Crippen LogP contribution in [0.2, 0.25) is 0 Å². The van der Waals surface area contributed by atoms with E-state index in [1.54, 1.807) is 18.4 Å². The molecule has 0 bridgehead atoms. The molecule has 4 nitrogen and oxygen atoms in total. The number of hydrogen-bond donors (Lipinski definition) is 1. The van der Waals surface area contributed by atoms with Crippen LogP contribution in [0.5, 0.6) is 0 Å². The summed E-state index contributed by atoms with van der Waals surface area (Å²) in [6, 6.07) is 3.84. The van der Waals surface area contributed by atoms with E-state index in [0.717, 1.165) is 22.7 Å². The second-order valence-electron chi connectivity index (χ2n) is 4.36. The van der Waals surface area contributed by atoms with Crippen LogP contribution >= 0.6 is 0 Å². The van der Waals surface area contributed by atoms with Gasteiger partial charge in [-0.25, -0.2) is 9.50 Å². The van der Waals surface area contributed by atoms with Gasteiger partial charge in [0.1, 0.15) is 11.4 Å². The van der Waals surface area contributed by atoms with Crippen molar-refractivity contribution < 1.29 is 5.11 Å². The van der Waals surface area contributed by atoms with Gasteiger partial charge in [-0.1, -0.05) is 6.07 Å². The highest BCUT2D eigenvalue weighted by Gasteiger charge is 2.21. The molecule has 0 saturated carbocycles. The Bertz CT molecular complexity index is 508. The molecule has 80 valence electrons. The molecule has 0 amide bonds. The van der Waals surface area contributed by atoms with Gasteiger partial charge in [0, 0.05) is 0 Å². The second kappa shape index (κ2) is 3.03. The van der Waals surface area contributed by atoms with Crippen molar-refractivity contribution in [2.75, 3.05) is 0 Å². The van der Waals surface area contributed by atoms with Gasteiger partial charge in [0.25, 0.3) is 0 Å². The van der Waals surface area contributed by atoms with Crippen molar-refractivity contribution in [2.45, 2.75) is 33.3 Å². The van der Waals surface area contributed by atoms with Gasteiger partial charge in [-0.05, 0) is 39.3 Å². The SMILES string of the molecule is Cc1nc2c(C)ccc(C(C)(C)O)n2n1. The first kappa shape index (κ1) is 10.1. The molecule has 15 heavy (non-hydrogen) atoms. The van der Waals surface area contributed by atoms with Gasteiger partial charge >= 0.3 is 0 Å². The highest BCUT2D eigenvalue weighted by atomic mass is 16.3. The molecule has 0 atom stereocenters. The summed E-state index contributed by atoms with van der Waals surface area (Å²) in [5, 5.41) is 14.3. The Kier molecular flexibility index (Phi) is 2.04. The average Bonchev–Trinajstić information content (AvgIpc) is 2.45. The fourth-order valence-electron chi connectivity index (χ4n) is 1.65. The van der Waals surface area contributed by atoms with Crippen LogP contribution < -0.4 is 0 Å². The molecular weight excluding hydrogens is 190 g/mol. The number of rotatable bonds is 1. The molecule has 0 radical (unpaired) electrons. The standard InChI is InChI=1S/C11H15N3O/c1-7-5-6-9(11(3,4)15)14-10(7)12-8(2)13-14/h5-6,15H,1-4H3. The lowest BCUT2D eigenvalue weighted by atomic mass is 10.0. The molecular formula is C11H15N3O. The average molecular weight is 205 g/mol. The van der Waals surface area contributed by atoms with E-state index in [4.69, 9.17) is 0 Å². The predicted octanol–water partition coefficient (Wildman–Crippen LogP) is 1.57. The molecule has 0 aliphatic heterocycles. The summed E-state index contributed by atoms with van der Waals surface area (Å²) in [5.74, 6) is 0.717. The fraction of sp³-hybridized carbons (Fsp3) is 0.455. The molecule has 0 aliphatic rings. The van der Waals surface area contributed by atoms with Gasteiger partial charge in [-0.3, -0.25) is 0 Å². The maximum absolute atomic E-state index is 10.00. The summed E-state index contributed by atoms with van der Waals surface area (Å²) in [7, 11) is 0. The zero-order valence-corrected chi connectivity index (χ0v) is 9.44. The van der Waals surface area contributed by atoms with E-state index in [2.05, 4.69) is 10.1 Å². The maximum atomic E-state index is 10.00. The highest BCUT2D eigenvalue weighted by molar-refractivity contribution is 5.48. The van der Waals surface area contributed by atoms with Crippen molar-refractivity contribution >= 4 is 5.65 Å². The number of hydrogen-bond acceptors (Lipinski definition) is 3. The van der Waals surface area contributed by atoms with Crippen molar-refractivity contribution in [3.8, 4) is 0 Å². The smallest absolute Gasteiger partial charge is 0.158 e. The third-order valence-electron chi connectivity index (χ3n) is 2.41. The number of nitrogens with zero attached hydrogens (tertiary/aromatic N) is 3. The fourth-order valence-corrected chi connectivity index (χ4v) is 1.65. The predicted molar refractivity (Wildman–Crippen MR) is 57.7 cm³/mol. The quantitative estimate of drug-likeness (QED) is 0.768. The molecule has 0 saturated heterocycles. The Morgan fingerprint density at radius 2 is 1.93 bits per heavy atom. The van der Waals surface area contributed by atoms with Crippen molar-refractivity contribution in [3.05, 3.63) is 29.2 Å². The first-order chi connectivity index (χ1) is 6.89. The Morgan fingerprint density at radius 3 is 2.53 bits per heavy atom. The van der Waals surface area contributed by atoms with Gasteiger partial charge in [0.2, 0.25) is 0 Å². The van der Waals surface area contributed by atoms with Crippen molar-refractivity contribution in [3.63, 3.8) is 0 Å². The van der Waals surface area contributed by atoms with Gasteiger partial charge < -0.3 is 5.11 Å². The zero-order valence-electron chi connectivity index (χ0n) is 9.44. The van der Waals surface area contributed by atoms with Crippen LogP contribution in [-0.2, 0) is 5.60 Å². The van der Waals surface area contributed by atoms with Crippen LogP contribution in [0.25, 0.3) is 5.65 Å². The lowest BCUT2D eigenvalue weighted by Gasteiger charge is -2.18. The summed E-state index contributed by atoms with van der Waals surface area (Å²) in [6.45, 7) is 7.32. The van der Waals surface area contributed by atoms with Crippen molar-refractivity contribution in [1.82, 2.24) is 14.6 Å². The van der Waals surface area contributed by atoms with E-state index in [1.165, 1.54) is 0 Å². The van der Waals surface area contributed by atoms with E-state index in [1.807, 2.05) is 26.0 Å². The summed E-state index contributed by atoms with van der Waals surface area (Å²) in [4.78, 5) is 4.33. The van der Waals surface area contributed by atoms with Crippen LogP contribution in [0.4, 0.5) is 0 Å². The molecule has 4 heteroatoms. The van der Waals surface area contributed by atoms with Crippen LogP contribution in [-0.4, -0.2) is 19.7 Å². The van der Waals surface area contributed by atoms with Crippen LogP contribution in [0.3, 0.4) is 0 Å². The molecule has 0 aliphatic carbocycles. The minimum absolute atomic E-state index is 0.717. The minimum atomic E-state index is -0.911. The van der Waals surface area contributed by atoms with Crippen LogP contribution in [0.1, 0.15) is 30.9 Å². The van der Waals surface area contributed by atoms with Crippen LogP contribution in [0, 0.1) is 13.8 Å². The number of fused-ring (bicyclic) bond motifs is 1. The van der Waals surface area contributed by atoms with Gasteiger partial charge in [0.05, 0.1) is 5.69 Å². The van der Waals surface area contributed by atoms with E-state index < -0.39 is 5.60 Å². The Labute approximate surface area is 88.6 Å². The zero-order chi connectivity index (χ0) is 11.2. The third-order valence-corrected chi connectivity index (χ3v) is 2.41. The molecule has 0 fully saturated rings. The monoisotopic (exact) mass is 205 g/mol. The van der Waals surface area contributed by atoms with Gasteiger partial charge in [0.15, 0.2) is 5.65 Å². The molecule has 2 aromatic heterocycles. The molecule has 0 aromatic carbocycles. The largest absolute Gasteiger partial charge is 0.384 e.